The summed E-state index contributed by atoms with van der Waals surface area (Å²) in [6.07, 6.45) is 1.12. The second kappa shape index (κ2) is 17.6. The Labute approximate surface area is 83.2 Å². The van der Waals surface area contributed by atoms with Gasteiger partial charge in [-0.1, -0.05) is 13.8 Å². The van der Waals surface area contributed by atoms with Crippen LogP contribution in [0, 0.1) is 0 Å². The lowest BCUT2D eigenvalue weighted by Gasteiger charge is -1.74. The first-order chi connectivity index (χ1) is 6.45. The van der Waals surface area contributed by atoms with Crippen molar-refractivity contribution < 1.29 is 19.8 Å². The molecule has 0 amide bonds. The molecular weight excluding hydrogens is 188 g/mol. The molecule has 0 rings (SSSR count). The van der Waals surface area contributed by atoms with Gasteiger partial charge >= 0.3 is 11.9 Å². The predicted octanol–water partition coefficient (Wildman–Crippen LogP) is -0.358. The first-order valence-electron chi connectivity index (χ1n) is 4.00. The van der Waals surface area contributed by atoms with Gasteiger partial charge in [0.05, 0.1) is 0 Å². The zero-order chi connectivity index (χ0) is 12.0. The molecule has 0 heterocycles. The van der Waals surface area contributed by atoms with Crippen LogP contribution in [-0.2, 0) is 9.59 Å². The van der Waals surface area contributed by atoms with Gasteiger partial charge in [0, 0.05) is 12.2 Å². The van der Waals surface area contributed by atoms with Crippen molar-refractivity contribution in [3.05, 3.63) is 12.2 Å². The van der Waals surface area contributed by atoms with Gasteiger partial charge in [0.25, 0.3) is 0 Å². The average Bonchev–Trinajstić information content (AvgIpc) is 2.04. The van der Waals surface area contributed by atoms with Crippen LogP contribution in [0.15, 0.2) is 12.2 Å². The van der Waals surface area contributed by atoms with E-state index in [1.807, 2.05) is 13.8 Å². The van der Waals surface area contributed by atoms with Crippen molar-refractivity contribution in [3.63, 3.8) is 0 Å². The quantitative estimate of drug-likeness (QED) is 0.457. The summed E-state index contributed by atoms with van der Waals surface area (Å²) in [6.45, 7) is 5.31. The molecule has 14 heavy (non-hydrogen) atoms. The largest absolute Gasteiger partial charge is 0.478 e. The molecule has 0 aromatic rings. The van der Waals surface area contributed by atoms with Crippen molar-refractivity contribution in [3.8, 4) is 0 Å². The summed E-state index contributed by atoms with van der Waals surface area (Å²) in [5.41, 5.74) is 9.69. The van der Waals surface area contributed by atoms with E-state index >= 15 is 0 Å². The highest BCUT2D eigenvalue weighted by atomic mass is 16.4. The van der Waals surface area contributed by atoms with Gasteiger partial charge in [-0.25, -0.2) is 9.59 Å². The zero-order valence-electron chi connectivity index (χ0n) is 8.43. The van der Waals surface area contributed by atoms with Crippen LogP contribution in [0.4, 0.5) is 0 Å². The Morgan fingerprint density at radius 2 is 1.14 bits per heavy atom. The Kier molecular flexibility index (Phi) is 23.2. The molecule has 0 aliphatic carbocycles. The number of rotatable bonds is 2. The van der Waals surface area contributed by atoms with Gasteiger partial charge in [0.15, 0.2) is 0 Å². The predicted molar refractivity (Wildman–Crippen MR) is 53.9 cm³/mol. The molecule has 0 aliphatic heterocycles. The minimum atomic E-state index is -1.26. The first kappa shape index (κ1) is 18.4. The molecule has 0 fully saturated rings. The summed E-state index contributed by atoms with van der Waals surface area (Å²) >= 11 is 0. The maximum Gasteiger partial charge on any atom is 0.328 e. The summed E-state index contributed by atoms with van der Waals surface area (Å²) in [6, 6.07) is 0. The van der Waals surface area contributed by atoms with Crippen LogP contribution < -0.4 is 11.5 Å². The lowest BCUT2D eigenvalue weighted by Crippen LogP contribution is -1.91. The molecule has 84 valence electrons. The average molecular weight is 206 g/mol. The minimum Gasteiger partial charge on any atom is -0.478 e. The van der Waals surface area contributed by atoms with E-state index in [4.69, 9.17) is 21.7 Å². The summed E-state index contributed by atoms with van der Waals surface area (Å²) in [5, 5.41) is 15.6. The molecule has 6 heteroatoms. The molecule has 0 aliphatic rings. The van der Waals surface area contributed by atoms with Crippen LogP contribution in [0.5, 0.6) is 0 Å². The number of carbonyl (C=O) groups is 2. The third-order valence-corrected chi connectivity index (χ3v) is 0.368. The molecular formula is C8H18N2O4. The van der Waals surface area contributed by atoms with Crippen LogP contribution in [0.3, 0.4) is 0 Å². The van der Waals surface area contributed by atoms with Gasteiger partial charge in [-0.3, -0.25) is 0 Å². The van der Waals surface area contributed by atoms with Crippen LogP contribution >= 0.6 is 0 Å². The van der Waals surface area contributed by atoms with E-state index in [1.54, 1.807) is 0 Å². The van der Waals surface area contributed by atoms with E-state index in [0.717, 1.165) is 13.1 Å². The van der Waals surface area contributed by atoms with E-state index < -0.39 is 11.9 Å². The maximum absolute atomic E-state index is 9.55. The Balaban J connectivity index is -0.000000168. The molecule has 0 aromatic heterocycles. The van der Waals surface area contributed by atoms with Gasteiger partial charge in [-0.05, 0) is 13.1 Å². The second-order valence-corrected chi connectivity index (χ2v) is 1.83. The summed E-state index contributed by atoms with van der Waals surface area (Å²) in [4.78, 5) is 19.1. The smallest absolute Gasteiger partial charge is 0.328 e. The lowest BCUT2D eigenvalue weighted by molar-refractivity contribution is -0.134. The summed E-state index contributed by atoms with van der Waals surface area (Å²) < 4.78 is 0. The second-order valence-electron chi connectivity index (χ2n) is 1.83. The van der Waals surface area contributed by atoms with Gasteiger partial charge in [0.1, 0.15) is 0 Å². The number of carboxylic acid groups (broad SMARTS) is 2. The third kappa shape index (κ3) is 75.4. The monoisotopic (exact) mass is 206 g/mol. The third-order valence-electron chi connectivity index (χ3n) is 0.368. The Morgan fingerprint density at radius 3 is 1.21 bits per heavy atom. The maximum atomic E-state index is 9.55. The molecule has 0 radical (unpaired) electrons. The van der Waals surface area contributed by atoms with Gasteiger partial charge in [-0.15, -0.1) is 0 Å². The highest BCUT2D eigenvalue weighted by Crippen LogP contribution is 1.70. The van der Waals surface area contributed by atoms with E-state index in [2.05, 4.69) is 0 Å². The molecule has 0 atom stereocenters. The van der Waals surface area contributed by atoms with Crippen molar-refractivity contribution in [1.82, 2.24) is 0 Å². The fraction of sp³-hybridized carbons (Fsp3) is 0.500. The van der Waals surface area contributed by atoms with Crippen molar-refractivity contribution in [1.29, 1.82) is 0 Å². The molecule has 0 saturated carbocycles. The summed E-state index contributed by atoms with van der Waals surface area (Å²) in [7, 11) is 0. The number of hydrogen-bond donors (Lipinski definition) is 4. The van der Waals surface area contributed by atoms with E-state index in [-0.39, 0.29) is 0 Å². The van der Waals surface area contributed by atoms with E-state index in [9.17, 15) is 9.59 Å². The fourth-order valence-corrected chi connectivity index (χ4v) is 0.143. The minimum absolute atomic E-state index is 0.558. The molecule has 6 nitrogen and oxygen atoms in total. The van der Waals surface area contributed by atoms with Crippen molar-refractivity contribution in [2.75, 3.05) is 13.1 Å². The SMILES string of the molecule is CCN.CCN.O=C(O)C=CC(=O)O. The molecule has 0 aromatic carbocycles. The van der Waals surface area contributed by atoms with Gasteiger partial charge in [-0.2, -0.15) is 0 Å². The normalized spacial score (nSPS) is 8.00. The Bertz CT molecular complexity index is 151. The van der Waals surface area contributed by atoms with Gasteiger partial charge in [0.2, 0.25) is 0 Å². The highest BCUT2D eigenvalue weighted by Gasteiger charge is 1.88. The lowest BCUT2D eigenvalue weighted by atomic mass is 10.5. The number of aliphatic carboxylic acids is 2. The first-order valence-corrected chi connectivity index (χ1v) is 4.00. The van der Waals surface area contributed by atoms with Gasteiger partial charge < -0.3 is 21.7 Å². The van der Waals surface area contributed by atoms with Crippen LogP contribution in [0.2, 0.25) is 0 Å². The van der Waals surface area contributed by atoms with Crippen LogP contribution in [0.1, 0.15) is 13.8 Å². The number of carboxylic acids is 2. The molecule has 0 saturated heterocycles. The molecule has 6 N–H and O–H groups in total. The van der Waals surface area contributed by atoms with Crippen molar-refractivity contribution in [2.45, 2.75) is 13.8 Å². The van der Waals surface area contributed by atoms with Crippen molar-refractivity contribution >= 4 is 11.9 Å². The Morgan fingerprint density at radius 1 is 1.00 bits per heavy atom. The molecule has 0 bridgehead atoms. The van der Waals surface area contributed by atoms with E-state index in [1.165, 1.54) is 0 Å². The van der Waals surface area contributed by atoms with Crippen LogP contribution in [-0.4, -0.2) is 35.2 Å². The fourth-order valence-electron chi connectivity index (χ4n) is 0.143. The highest BCUT2D eigenvalue weighted by molar-refractivity contribution is 5.89. The number of nitrogens with two attached hydrogens (primary N) is 2. The zero-order valence-corrected chi connectivity index (χ0v) is 8.43. The molecule has 0 unspecified atom stereocenters. The van der Waals surface area contributed by atoms with E-state index in [0.29, 0.717) is 12.2 Å². The number of hydrogen-bond acceptors (Lipinski definition) is 4. The summed E-state index contributed by atoms with van der Waals surface area (Å²) in [5.74, 6) is -2.51. The Hall–Kier alpha value is -1.40. The van der Waals surface area contributed by atoms with Crippen molar-refractivity contribution in [2.24, 2.45) is 11.5 Å². The topological polar surface area (TPSA) is 127 Å². The molecule has 0 spiro atoms. The standard InChI is InChI=1S/C4H4O4.2C2H7N/c5-3(6)1-2-4(7)8;2*1-2-3/h1-2H,(H,5,6)(H,7,8);2*2-3H2,1H3. The van der Waals surface area contributed by atoms with Crippen LogP contribution in [0.25, 0.3) is 0 Å².